The van der Waals surface area contributed by atoms with Gasteiger partial charge in [-0.1, -0.05) is 24.3 Å². The molecule has 0 radical (unpaired) electrons. The topological polar surface area (TPSA) is 43.3 Å². The number of aromatic nitrogens is 1. The van der Waals surface area contributed by atoms with E-state index in [1.54, 1.807) is 18.4 Å². The molecule has 2 aromatic heterocycles. The van der Waals surface area contributed by atoms with E-state index in [1.807, 2.05) is 60.2 Å². The standard InChI is InChI=1S/C19H20N2O2S/c1-23-17-8-3-2-7-15(17)14-20-19(22)13-16(18-9-6-12-24-18)21-10-4-5-11-21/h2-12,16H,13-14H2,1H3,(H,20,22). The van der Waals surface area contributed by atoms with E-state index in [9.17, 15) is 4.79 Å². The highest BCUT2D eigenvalue weighted by Gasteiger charge is 2.18. The summed E-state index contributed by atoms with van der Waals surface area (Å²) in [4.78, 5) is 13.6. The Balaban J connectivity index is 1.66. The number of ether oxygens (including phenoxy) is 1. The average molecular weight is 340 g/mol. The van der Waals surface area contributed by atoms with Crippen LogP contribution in [0.25, 0.3) is 0 Å². The maximum Gasteiger partial charge on any atom is 0.222 e. The molecule has 0 aliphatic carbocycles. The third-order valence-corrected chi connectivity index (χ3v) is 4.88. The zero-order valence-corrected chi connectivity index (χ0v) is 14.3. The maximum absolute atomic E-state index is 12.5. The number of carbonyl (C=O) groups excluding carboxylic acids is 1. The average Bonchev–Trinajstić information content (AvgIpc) is 3.31. The van der Waals surface area contributed by atoms with Gasteiger partial charge in [0.25, 0.3) is 0 Å². The van der Waals surface area contributed by atoms with Crippen LogP contribution in [0.1, 0.15) is 22.9 Å². The number of hydrogen-bond acceptors (Lipinski definition) is 3. The fourth-order valence-corrected chi connectivity index (χ4v) is 3.51. The van der Waals surface area contributed by atoms with Crippen LogP contribution in [-0.2, 0) is 11.3 Å². The molecule has 1 amide bonds. The molecule has 5 heteroatoms. The molecule has 0 aliphatic rings. The van der Waals surface area contributed by atoms with Crippen LogP contribution in [0.4, 0.5) is 0 Å². The van der Waals surface area contributed by atoms with Gasteiger partial charge in [-0.2, -0.15) is 0 Å². The van der Waals surface area contributed by atoms with Crippen molar-refractivity contribution in [1.29, 1.82) is 0 Å². The molecular formula is C19H20N2O2S. The number of carbonyl (C=O) groups is 1. The van der Waals surface area contributed by atoms with E-state index in [2.05, 4.69) is 16.0 Å². The second-order valence-electron chi connectivity index (χ2n) is 5.45. The van der Waals surface area contributed by atoms with Crippen molar-refractivity contribution in [2.75, 3.05) is 7.11 Å². The summed E-state index contributed by atoms with van der Waals surface area (Å²) in [5, 5.41) is 5.04. The fourth-order valence-electron chi connectivity index (χ4n) is 2.68. The SMILES string of the molecule is COc1ccccc1CNC(=O)CC(c1cccs1)n1cccc1. The largest absolute Gasteiger partial charge is 0.496 e. The van der Waals surface area contributed by atoms with Crippen LogP contribution >= 0.6 is 11.3 Å². The van der Waals surface area contributed by atoms with Crippen LogP contribution in [0.3, 0.4) is 0 Å². The van der Waals surface area contributed by atoms with E-state index in [-0.39, 0.29) is 11.9 Å². The number of nitrogens with zero attached hydrogens (tertiary/aromatic N) is 1. The Morgan fingerprint density at radius 1 is 1.17 bits per heavy atom. The number of thiophene rings is 1. The predicted octanol–water partition coefficient (Wildman–Crippen LogP) is 3.85. The summed E-state index contributed by atoms with van der Waals surface area (Å²) in [6.07, 6.45) is 4.40. The van der Waals surface area contributed by atoms with Gasteiger partial charge in [0.15, 0.2) is 0 Å². The van der Waals surface area contributed by atoms with E-state index < -0.39 is 0 Å². The molecule has 0 bridgehead atoms. The fraction of sp³-hybridized carbons (Fsp3) is 0.211. The molecule has 0 saturated heterocycles. The highest BCUT2D eigenvalue weighted by atomic mass is 32.1. The lowest BCUT2D eigenvalue weighted by atomic mass is 10.1. The normalized spacial score (nSPS) is 11.9. The van der Waals surface area contributed by atoms with Gasteiger partial charge in [0.1, 0.15) is 5.75 Å². The molecule has 3 rings (SSSR count). The van der Waals surface area contributed by atoms with E-state index >= 15 is 0 Å². The zero-order valence-electron chi connectivity index (χ0n) is 13.5. The van der Waals surface area contributed by atoms with E-state index in [0.29, 0.717) is 13.0 Å². The Bertz CT molecular complexity index is 732. The molecule has 0 saturated carbocycles. The minimum Gasteiger partial charge on any atom is -0.496 e. The second-order valence-corrected chi connectivity index (χ2v) is 6.43. The third kappa shape index (κ3) is 3.86. The van der Waals surface area contributed by atoms with E-state index in [0.717, 1.165) is 11.3 Å². The predicted molar refractivity (Wildman–Crippen MR) is 96.3 cm³/mol. The van der Waals surface area contributed by atoms with Crippen molar-refractivity contribution >= 4 is 17.2 Å². The lowest BCUT2D eigenvalue weighted by Gasteiger charge is -2.18. The Labute approximate surface area is 145 Å². The van der Waals surface area contributed by atoms with Crippen molar-refractivity contribution in [3.63, 3.8) is 0 Å². The molecule has 1 aromatic carbocycles. The number of nitrogens with one attached hydrogen (secondary N) is 1. The molecule has 1 N–H and O–H groups in total. The summed E-state index contributed by atoms with van der Waals surface area (Å²) >= 11 is 1.67. The molecular weight excluding hydrogens is 320 g/mol. The number of rotatable bonds is 7. The van der Waals surface area contributed by atoms with Crippen molar-refractivity contribution in [3.05, 3.63) is 76.7 Å². The van der Waals surface area contributed by atoms with Crippen LogP contribution in [-0.4, -0.2) is 17.6 Å². The Morgan fingerprint density at radius 3 is 2.67 bits per heavy atom. The molecule has 0 spiro atoms. The van der Waals surface area contributed by atoms with Gasteiger partial charge in [0, 0.05) is 29.4 Å². The summed E-state index contributed by atoms with van der Waals surface area (Å²) < 4.78 is 7.40. The summed E-state index contributed by atoms with van der Waals surface area (Å²) in [6.45, 7) is 0.464. The molecule has 1 unspecified atom stereocenters. The van der Waals surface area contributed by atoms with Crippen LogP contribution < -0.4 is 10.1 Å². The summed E-state index contributed by atoms with van der Waals surface area (Å²) in [5.74, 6) is 0.811. The van der Waals surface area contributed by atoms with E-state index in [4.69, 9.17) is 4.74 Å². The van der Waals surface area contributed by atoms with Crippen molar-refractivity contribution in [1.82, 2.24) is 9.88 Å². The number of para-hydroxylation sites is 1. The first-order chi connectivity index (χ1) is 11.8. The van der Waals surface area contributed by atoms with Gasteiger partial charge in [-0.05, 0) is 29.6 Å². The first kappa shape index (κ1) is 16.3. The Kier molecular flexibility index (Phi) is 5.33. The van der Waals surface area contributed by atoms with Crippen molar-refractivity contribution in [3.8, 4) is 5.75 Å². The molecule has 3 aromatic rings. The summed E-state index contributed by atoms with van der Waals surface area (Å²) in [7, 11) is 1.64. The monoisotopic (exact) mass is 340 g/mol. The van der Waals surface area contributed by atoms with Crippen molar-refractivity contribution < 1.29 is 9.53 Å². The molecule has 1 atom stereocenters. The molecule has 0 fully saturated rings. The molecule has 4 nitrogen and oxygen atoms in total. The first-order valence-corrected chi connectivity index (χ1v) is 8.70. The zero-order chi connectivity index (χ0) is 16.8. The Hall–Kier alpha value is -2.53. The lowest BCUT2D eigenvalue weighted by Crippen LogP contribution is -2.26. The van der Waals surface area contributed by atoms with E-state index in [1.165, 1.54) is 4.88 Å². The van der Waals surface area contributed by atoms with Gasteiger partial charge in [-0.15, -0.1) is 11.3 Å². The van der Waals surface area contributed by atoms with Gasteiger partial charge >= 0.3 is 0 Å². The van der Waals surface area contributed by atoms with Gasteiger partial charge in [0.2, 0.25) is 5.91 Å². The number of amides is 1. The minimum absolute atomic E-state index is 0.0213. The number of methoxy groups -OCH3 is 1. The van der Waals surface area contributed by atoms with Gasteiger partial charge < -0.3 is 14.6 Å². The lowest BCUT2D eigenvalue weighted by molar-refractivity contribution is -0.121. The number of benzene rings is 1. The third-order valence-electron chi connectivity index (χ3n) is 3.91. The highest BCUT2D eigenvalue weighted by molar-refractivity contribution is 7.10. The highest BCUT2D eigenvalue weighted by Crippen LogP contribution is 2.26. The van der Waals surface area contributed by atoms with Crippen LogP contribution in [0, 0.1) is 0 Å². The van der Waals surface area contributed by atoms with Crippen LogP contribution in [0.15, 0.2) is 66.3 Å². The van der Waals surface area contributed by atoms with Crippen LogP contribution in [0.5, 0.6) is 5.75 Å². The molecule has 0 aliphatic heterocycles. The van der Waals surface area contributed by atoms with Gasteiger partial charge in [0.05, 0.1) is 19.6 Å². The van der Waals surface area contributed by atoms with Gasteiger partial charge in [-0.25, -0.2) is 0 Å². The maximum atomic E-state index is 12.5. The first-order valence-electron chi connectivity index (χ1n) is 7.82. The number of hydrogen-bond donors (Lipinski definition) is 1. The minimum atomic E-state index is 0.0213. The molecule has 24 heavy (non-hydrogen) atoms. The van der Waals surface area contributed by atoms with Crippen LogP contribution in [0.2, 0.25) is 0 Å². The molecule has 124 valence electrons. The smallest absolute Gasteiger partial charge is 0.222 e. The quantitative estimate of drug-likeness (QED) is 0.710. The Morgan fingerprint density at radius 2 is 1.96 bits per heavy atom. The van der Waals surface area contributed by atoms with Crippen molar-refractivity contribution in [2.24, 2.45) is 0 Å². The second kappa shape index (κ2) is 7.84. The van der Waals surface area contributed by atoms with Gasteiger partial charge in [-0.3, -0.25) is 4.79 Å². The molecule has 2 heterocycles. The summed E-state index contributed by atoms with van der Waals surface area (Å²) in [6, 6.07) is 15.8. The van der Waals surface area contributed by atoms with Crippen molar-refractivity contribution in [2.45, 2.75) is 19.0 Å². The summed E-state index contributed by atoms with van der Waals surface area (Å²) in [5.41, 5.74) is 0.974.